The van der Waals surface area contributed by atoms with Crippen LogP contribution in [0.2, 0.25) is 0 Å². The second-order valence-electron chi connectivity index (χ2n) is 30.0. The number of cyclic esters (lactones) is 1. The number of alkyl halides is 1. The summed E-state index contributed by atoms with van der Waals surface area (Å²) >= 11 is 0. The van der Waals surface area contributed by atoms with Gasteiger partial charge < -0.3 is 110 Å². The van der Waals surface area contributed by atoms with Gasteiger partial charge in [-0.15, -0.1) is 0 Å². The van der Waals surface area contributed by atoms with Crippen LogP contribution < -0.4 is 18.9 Å². The molecule has 5 aliphatic heterocycles. The van der Waals surface area contributed by atoms with Gasteiger partial charge >= 0.3 is 96.6 Å². The number of aliphatic hydroxyl groups is 3. The number of ether oxygens (including phenoxy) is 8. The van der Waals surface area contributed by atoms with E-state index in [0.29, 0.717) is 21.8 Å². The number of benzene rings is 4. The third-order valence-electron chi connectivity index (χ3n) is 19.6. The molecular formula is C76H82FN9O40P8. The molecule has 5 fully saturated rings. The number of aromatic nitrogens is 8. The number of rotatable bonds is 19. The highest BCUT2D eigenvalue weighted by Crippen LogP contribution is 2.84. The molecule has 718 valence electrons. The average Bonchev–Trinajstić information content (AvgIpc) is 1.08. The molecule has 4 aromatic carbocycles. The molecule has 134 heavy (non-hydrogen) atoms. The van der Waals surface area contributed by atoms with Crippen LogP contribution in [0.5, 0.6) is 23.0 Å². The first-order valence-electron chi connectivity index (χ1n) is 39.2. The molecule has 58 heteroatoms. The van der Waals surface area contributed by atoms with Gasteiger partial charge in [0.25, 0.3) is 15.2 Å². The van der Waals surface area contributed by atoms with Gasteiger partial charge in [-0.25, -0.2) is 53.2 Å². The Kier molecular flexibility index (Phi) is 29.8. The van der Waals surface area contributed by atoms with Gasteiger partial charge in [0.15, 0.2) is 0 Å². The number of pyridine rings is 3. The van der Waals surface area contributed by atoms with Crippen molar-refractivity contribution in [3.05, 3.63) is 247 Å². The van der Waals surface area contributed by atoms with E-state index in [0.717, 1.165) is 4.57 Å². The summed E-state index contributed by atoms with van der Waals surface area (Å²) in [4.78, 5) is 161. The number of hydrogen-bond donors (Lipinski definition) is 11. The molecule has 0 radical (unpaired) electrons. The Hall–Kier alpha value is -10.3. The van der Waals surface area contributed by atoms with Gasteiger partial charge in [-0.05, 0) is 102 Å². The third kappa shape index (κ3) is 21.0. The molecule has 11 aromatic rings. The fourth-order valence-corrected chi connectivity index (χ4v) is 27.1. The number of carbonyl (C=O) groups is 5. The normalized spacial score (nSPS) is 30.1. The van der Waals surface area contributed by atoms with Gasteiger partial charge in [0.2, 0.25) is 25.2 Å². The van der Waals surface area contributed by atoms with Crippen molar-refractivity contribution in [3.63, 3.8) is 0 Å². The molecule has 0 aliphatic carbocycles. The Morgan fingerprint density at radius 2 is 0.701 bits per heavy atom. The van der Waals surface area contributed by atoms with Crippen molar-refractivity contribution < 1.29 is 193 Å². The maximum Gasteiger partial charge on any atom is 0.514 e. The number of carbonyl (C=O) groups excluding carboxylic acids is 5. The van der Waals surface area contributed by atoms with Crippen molar-refractivity contribution in [1.82, 2.24) is 42.6 Å². The van der Waals surface area contributed by atoms with Crippen LogP contribution in [0.25, 0.3) is 16.9 Å². The summed E-state index contributed by atoms with van der Waals surface area (Å²) in [6.45, 7) is 8.74. The molecule has 49 nitrogen and oxygen atoms in total. The van der Waals surface area contributed by atoms with Crippen LogP contribution in [0.15, 0.2) is 208 Å². The number of imide groups is 1. The van der Waals surface area contributed by atoms with Crippen LogP contribution in [-0.2, 0) is 117 Å². The molecule has 5 aliphatic rings. The zero-order valence-electron chi connectivity index (χ0n) is 70.2. The molecule has 0 spiro atoms. The number of para-hydroxylation sites is 4. The minimum Gasteiger partial charge on any atom is -0.447 e. The first-order chi connectivity index (χ1) is 62.8. The van der Waals surface area contributed by atoms with E-state index in [1.165, 1.54) is 154 Å². The van der Waals surface area contributed by atoms with Crippen LogP contribution >= 0.6 is 60.8 Å². The van der Waals surface area contributed by atoms with E-state index >= 15 is 4.39 Å². The second kappa shape index (κ2) is 39.4. The topological polar surface area (TPSA) is 665 Å². The van der Waals surface area contributed by atoms with Gasteiger partial charge in [-0.1, -0.05) is 91.0 Å². The molecule has 16 rings (SSSR count). The van der Waals surface area contributed by atoms with Crippen molar-refractivity contribution in [1.29, 1.82) is 0 Å². The molecule has 5 saturated heterocycles. The first-order valence-corrected chi connectivity index (χ1v) is 51.8. The molecule has 0 saturated carbocycles. The van der Waals surface area contributed by atoms with E-state index in [2.05, 4.69) is 24.7 Å². The maximum absolute atomic E-state index is 15.9. The van der Waals surface area contributed by atoms with Crippen LogP contribution in [0.4, 0.5) is 28.4 Å². The molecular weight excluding hydrogens is 1950 g/mol. The summed E-state index contributed by atoms with van der Waals surface area (Å²) in [6, 6.07) is 36.8. The fourth-order valence-electron chi connectivity index (χ4n) is 13.0. The molecule has 8 unspecified atom stereocenters. The highest BCUT2D eigenvalue weighted by Gasteiger charge is 2.72. The third-order valence-corrected chi connectivity index (χ3v) is 37.9. The Labute approximate surface area is 755 Å². The molecule has 8 atom stereocenters. The number of amides is 2. The molecule has 2 amide bonds. The SMILES string of the molecule is CC(C)OC(=O)Oc1ccccc1C1OP(=O)(O)C(F)(Cc2cnc3ccccn23)P(=O)(O)O1.CC(C)OC(=O)Oc1ccccc1C1OP(=O)(O)C(O)(Cc2cnc3ccccn23)P(=O)(O)O1.CC(C)OC(=O)Oc1ccccc1C1OP(=O)(O)C(O)(Cn2ccnc2)P(=O)(O)O1.O=C1OCCN1C(=O)Oc1ccccc1C1OP(=O)(O)C(O)(Cc2cnc3ccccn23)P(=O)(O)O1. The standard InChI is InChI=1S/C20H21FN2O9P2.C20H19N3O11P2.C20H22N2O10P2.C16H20N2O10P2/c1-13(2)29-19(24)30-16-8-4-3-7-15(16)18-31-33(25,26)20(21,34(27,28)32-18)11-14-12-22-17-9-5-6-10-23(14)17;24-18-23(9-10-31-18)19(25)32-15-6-2-1-5-14(15)17-33-35(27,28)20(26,36(29,30)34-17)11-13-12-21-16-7-3-4-8-22(13)16;1-13(2)29-19(23)30-16-8-4-3-7-15(16)18-31-33(25,26)20(24,34(27,28)32-18)11-14-12-21-17-9-5-6-10-22(14)17;1-11(2)25-15(19)26-13-6-4-3-5-12(13)14-27-29(21,22)16(20,30(23,24)28-14)9-18-8-7-17-10-18/h3-10,12-13,18H,11H2,1-2H3,(H,25,26)(H,27,28);1-8,12,17,26H,9-11H2,(H,27,28)(H,29,30);3-10,12-13,18,24H,11H2,1-2H3,(H,25,26)(H,27,28);3-8,10-11,14,20H,9H2,1-2H3,(H,21,22)(H,23,24). The minimum atomic E-state index is -5.47. The van der Waals surface area contributed by atoms with Crippen molar-refractivity contribution in [2.24, 2.45) is 0 Å². The average molecular weight is 2030 g/mol. The van der Waals surface area contributed by atoms with Gasteiger partial charge in [0, 0.05) is 85.9 Å². The summed E-state index contributed by atoms with van der Waals surface area (Å²) in [6.07, 6.45) is -4.80. The van der Waals surface area contributed by atoms with E-state index < -0.39 is 181 Å². The van der Waals surface area contributed by atoms with E-state index in [1.54, 1.807) is 109 Å². The van der Waals surface area contributed by atoms with Crippen LogP contribution in [0, 0.1) is 0 Å². The Balaban J connectivity index is 0.000000152. The van der Waals surface area contributed by atoms with E-state index in [-0.39, 0.29) is 75.5 Å². The van der Waals surface area contributed by atoms with E-state index in [9.17, 15) is 115 Å². The molecule has 7 aromatic heterocycles. The summed E-state index contributed by atoms with van der Waals surface area (Å²) in [5.41, 5.74) is 0.990. The van der Waals surface area contributed by atoms with Crippen molar-refractivity contribution in [2.75, 3.05) is 13.2 Å². The Morgan fingerprint density at radius 3 is 1.00 bits per heavy atom. The minimum absolute atomic E-state index is 0.0170. The van der Waals surface area contributed by atoms with Gasteiger partial charge in [0.1, 0.15) is 46.5 Å². The lowest BCUT2D eigenvalue weighted by Crippen LogP contribution is -2.39. The molecule has 11 N–H and O–H groups in total. The predicted octanol–water partition coefficient (Wildman–Crippen LogP) is 13.3. The smallest absolute Gasteiger partial charge is 0.447 e. The van der Waals surface area contributed by atoms with Crippen molar-refractivity contribution in [2.45, 2.75) is 131 Å². The van der Waals surface area contributed by atoms with Gasteiger partial charge in [0.05, 0.1) is 60.0 Å². The lowest BCUT2D eigenvalue weighted by Gasteiger charge is -2.41. The number of halogens is 1. The zero-order valence-corrected chi connectivity index (χ0v) is 77.3. The highest BCUT2D eigenvalue weighted by atomic mass is 31.3. The van der Waals surface area contributed by atoms with E-state index in [4.69, 9.17) is 69.3 Å². The number of fused-ring (bicyclic) bond motifs is 3. The second-order valence-corrected chi connectivity index (χ2v) is 47.3. The fraction of sp³-hybridized carbons (Fsp3) is 0.303. The maximum atomic E-state index is 15.9. The largest absolute Gasteiger partial charge is 0.514 e. The summed E-state index contributed by atoms with van der Waals surface area (Å²) in [5.74, 6) is -0.885. The predicted molar refractivity (Wildman–Crippen MR) is 452 cm³/mol. The Morgan fingerprint density at radius 1 is 0.410 bits per heavy atom. The number of imidazole rings is 4. The number of nitrogens with zero attached hydrogens (tertiary/aromatic N) is 9. The number of hydrogen-bond acceptors (Lipinski definition) is 36. The monoisotopic (exact) mass is 2030 g/mol. The van der Waals surface area contributed by atoms with Gasteiger partial charge in [-0.3, -0.25) is 72.7 Å². The Bertz CT molecular complexity index is 6370. The highest BCUT2D eigenvalue weighted by molar-refractivity contribution is 7.75. The van der Waals surface area contributed by atoms with Crippen LogP contribution in [0.3, 0.4) is 0 Å². The summed E-state index contributed by atoms with van der Waals surface area (Å²) < 4.78 is 206. The van der Waals surface area contributed by atoms with Crippen LogP contribution in [-0.4, -0.2) is 180 Å². The van der Waals surface area contributed by atoms with Gasteiger partial charge in [-0.2, -0.15) is 0 Å². The zero-order chi connectivity index (χ0) is 97.3. The van der Waals surface area contributed by atoms with Crippen molar-refractivity contribution >= 4 is 108 Å². The lowest BCUT2D eigenvalue weighted by molar-refractivity contribution is -0.0621. The van der Waals surface area contributed by atoms with Crippen molar-refractivity contribution in [3.8, 4) is 23.0 Å². The van der Waals surface area contributed by atoms with Crippen LogP contribution in [0.1, 0.15) is 106 Å². The lowest BCUT2D eigenvalue weighted by atomic mass is 10.2. The summed E-state index contributed by atoms with van der Waals surface area (Å²) in [5, 5.41) is 19.5. The molecule has 0 bridgehead atoms. The molecule has 12 heterocycles. The summed E-state index contributed by atoms with van der Waals surface area (Å²) in [7, 11) is -42.4. The van der Waals surface area contributed by atoms with E-state index in [1.807, 2.05) is 0 Å². The quantitative estimate of drug-likeness (QED) is 0.0155. The first kappa shape index (κ1) is 101.